The van der Waals surface area contributed by atoms with Gasteiger partial charge in [-0.1, -0.05) is 13.8 Å². The molecule has 0 saturated carbocycles. The Balaban J connectivity index is 4.05. The number of carbonyl (C=O) groups is 1. The van der Waals surface area contributed by atoms with E-state index in [1.54, 1.807) is 0 Å². The first-order chi connectivity index (χ1) is 6.66. The third-order valence-corrected chi connectivity index (χ3v) is 2.66. The number of hydrogen-bond donors (Lipinski definition) is 0. The van der Waals surface area contributed by atoms with E-state index < -0.39 is 0 Å². The molecular weight excluding hydrogens is 190 g/mol. The first kappa shape index (κ1) is 14.4. The summed E-state index contributed by atoms with van der Waals surface area (Å²) < 4.78 is 5.20. The topological polar surface area (TPSA) is 29.5 Å². The molecule has 0 saturated heterocycles. The van der Waals surface area contributed by atoms with Crippen LogP contribution in [-0.2, 0) is 9.53 Å². The molecule has 1 atom stereocenters. The van der Waals surface area contributed by atoms with Gasteiger partial charge in [-0.3, -0.25) is 9.69 Å². The Kier molecular flexibility index (Phi) is 5.29. The molecule has 0 bridgehead atoms. The summed E-state index contributed by atoms with van der Waals surface area (Å²) in [5, 5.41) is 0. The van der Waals surface area contributed by atoms with Crippen LogP contribution in [-0.4, -0.2) is 36.1 Å². The highest BCUT2D eigenvalue weighted by Crippen LogP contribution is 2.14. The first-order valence-corrected chi connectivity index (χ1v) is 5.55. The van der Waals surface area contributed by atoms with E-state index in [0.717, 1.165) is 0 Å². The van der Waals surface area contributed by atoms with E-state index in [4.69, 9.17) is 4.74 Å². The molecule has 0 fully saturated rings. The monoisotopic (exact) mass is 215 g/mol. The first-order valence-electron chi connectivity index (χ1n) is 5.55. The van der Waals surface area contributed by atoms with Crippen LogP contribution in [0.25, 0.3) is 0 Å². The van der Waals surface area contributed by atoms with Gasteiger partial charge in [-0.2, -0.15) is 0 Å². The predicted molar refractivity (Wildman–Crippen MR) is 62.8 cm³/mol. The molecule has 0 spiro atoms. The van der Waals surface area contributed by atoms with Gasteiger partial charge in [0.25, 0.3) is 0 Å². The highest BCUT2D eigenvalue weighted by atomic mass is 16.5. The molecule has 3 nitrogen and oxygen atoms in total. The molecule has 15 heavy (non-hydrogen) atoms. The van der Waals surface area contributed by atoms with Gasteiger partial charge in [0, 0.05) is 11.6 Å². The maximum Gasteiger partial charge on any atom is 0.308 e. The van der Waals surface area contributed by atoms with Crippen molar-refractivity contribution in [3.63, 3.8) is 0 Å². The van der Waals surface area contributed by atoms with Gasteiger partial charge in [0.05, 0.1) is 5.92 Å². The molecule has 0 aromatic carbocycles. The molecule has 0 aliphatic heterocycles. The summed E-state index contributed by atoms with van der Waals surface area (Å²) in [5.74, 6) is -0.165. The quantitative estimate of drug-likeness (QED) is 0.674. The van der Waals surface area contributed by atoms with Crippen LogP contribution < -0.4 is 0 Å². The minimum absolute atomic E-state index is 0.0443. The molecule has 0 N–H and O–H groups in total. The molecule has 0 aromatic rings. The van der Waals surface area contributed by atoms with Crippen LogP contribution in [0.15, 0.2) is 0 Å². The lowest BCUT2D eigenvalue weighted by Crippen LogP contribution is -2.46. The van der Waals surface area contributed by atoms with Gasteiger partial charge >= 0.3 is 5.97 Å². The summed E-state index contributed by atoms with van der Waals surface area (Å²) in [7, 11) is 2.05. The molecule has 0 rings (SSSR count). The summed E-state index contributed by atoms with van der Waals surface area (Å²) >= 11 is 0. The van der Waals surface area contributed by atoms with E-state index in [0.29, 0.717) is 6.61 Å². The maximum absolute atomic E-state index is 11.3. The zero-order chi connectivity index (χ0) is 12.2. The lowest BCUT2D eigenvalue weighted by atomic mass is 10.1. The van der Waals surface area contributed by atoms with E-state index in [1.807, 2.05) is 20.9 Å². The zero-order valence-corrected chi connectivity index (χ0v) is 11.1. The minimum atomic E-state index is -0.121. The van der Waals surface area contributed by atoms with Crippen molar-refractivity contribution in [1.82, 2.24) is 4.90 Å². The molecule has 0 aliphatic rings. The van der Waals surface area contributed by atoms with Crippen LogP contribution in [0.4, 0.5) is 0 Å². The summed E-state index contributed by atoms with van der Waals surface area (Å²) in [4.78, 5) is 13.5. The molecule has 0 amide bonds. The Labute approximate surface area is 93.8 Å². The van der Waals surface area contributed by atoms with Crippen LogP contribution in [0.5, 0.6) is 0 Å². The average molecular weight is 215 g/mol. The fourth-order valence-corrected chi connectivity index (χ4v) is 1.14. The summed E-state index contributed by atoms with van der Waals surface area (Å²) in [6.45, 7) is 12.7. The number of esters is 1. The molecule has 0 aromatic heterocycles. The van der Waals surface area contributed by atoms with Crippen molar-refractivity contribution < 1.29 is 9.53 Å². The number of likely N-dealkylation sites (N-methyl/N-ethyl adjacent to an activating group) is 1. The number of hydrogen-bond acceptors (Lipinski definition) is 3. The maximum atomic E-state index is 11.3. The van der Waals surface area contributed by atoms with Gasteiger partial charge < -0.3 is 4.74 Å². The Bertz CT molecular complexity index is 206. The second-order valence-electron chi connectivity index (χ2n) is 5.42. The SMILES string of the molecule is CC(C)C(=O)OC[C@@H](C)N(C)C(C)(C)C. The van der Waals surface area contributed by atoms with Gasteiger partial charge in [-0.25, -0.2) is 0 Å². The van der Waals surface area contributed by atoms with Gasteiger partial charge in [-0.15, -0.1) is 0 Å². The largest absolute Gasteiger partial charge is 0.464 e. The van der Waals surface area contributed by atoms with Crippen LogP contribution in [0, 0.1) is 5.92 Å². The van der Waals surface area contributed by atoms with Crippen molar-refractivity contribution in [1.29, 1.82) is 0 Å². The lowest BCUT2D eigenvalue weighted by Gasteiger charge is -2.36. The Morgan fingerprint density at radius 3 is 2.07 bits per heavy atom. The van der Waals surface area contributed by atoms with Crippen molar-refractivity contribution >= 4 is 5.97 Å². The van der Waals surface area contributed by atoms with Gasteiger partial charge in [0.15, 0.2) is 0 Å². The van der Waals surface area contributed by atoms with E-state index >= 15 is 0 Å². The van der Waals surface area contributed by atoms with Crippen molar-refractivity contribution in [2.45, 2.75) is 53.1 Å². The highest BCUT2D eigenvalue weighted by molar-refractivity contribution is 5.71. The second kappa shape index (κ2) is 5.50. The molecule has 0 radical (unpaired) electrons. The molecule has 0 unspecified atom stereocenters. The van der Waals surface area contributed by atoms with Crippen LogP contribution in [0.2, 0.25) is 0 Å². The minimum Gasteiger partial charge on any atom is -0.464 e. The van der Waals surface area contributed by atoms with Crippen LogP contribution in [0.1, 0.15) is 41.5 Å². The number of nitrogens with zero attached hydrogens (tertiary/aromatic N) is 1. The van der Waals surface area contributed by atoms with Crippen molar-refractivity contribution in [2.75, 3.05) is 13.7 Å². The van der Waals surface area contributed by atoms with Gasteiger partial charge in [0.1, 0.15) is 6.61 Å². The van der Waals surface area contributed by atoms with E-state index in [-0.39, 0.29) is 23.5 Å². The summed E-state index contributed by atoms with van der Waals surface area (Å²) in [5.41, 5.74) is 0.101. The van der Waals surface area contributed by atoms with Crippen molar-refractivity contribution in [2.24, 2.45) is 5.92 Å². The van der Waals surface area contributed by atoms with Crippen molar-refractivity contribution in [3.8, 4) is 0 Å². The van der Waals surface area contributed by atoms with E-state index in [2.05, 4.69) is 32.6 Å². The summed E-state index contributed by atoms with van der Waals surface area (Å²) in [6, 6.07) is 0.243. The zero-order valence-electron chi connectivity index (χ0n) is 11.1. The standard InChI is InChI=1S/C12H25NO2/c1-9(2)11(14)15-8-10(3)13(7)12(4,5)6/h9-10H,8H2,1-7H3/t10-/m1/s1. The number of carbonyl (C=O) groups excluding carboxylic acids is 1. The molecule has 0 aliphatic carbocycles. The Hall–Kier alpha value is -0.570. The smallest absolute Gasteiger partial charge is 0.308 e. The highest BCUT2D eigenvalue weighted by Gasteiger charge is 2.23. The molecule has 3 heteroatoms. The van der Waals surface area contributed by atoms with Gasteiger partial charge in [-0.05, 0) is 34.7 Å². The van der Waals surface area contributed by atoms with E-state index in [1.165, 1.54) is 0 Å². The Morgan fingerprint density at radius 1 is 1.27 bits per heavy atom. The lowest BCUT2D eigenvalue weighted by molar-refractivity contribution is -0.149. The molecule has 0 heterocycles. The fourth-order valence-electron chi connectivity index (χ4n) is 1.14. The number of ether oxygens (including phenoxy) is 1. The normalized spacial score (nSPS) is 14.5. The van der Waals surface area contributed by atoms with E-state index in [9.17, 15) is 4.79 Å². The molecule has 90 valence electrons. The van der Waals surface area contributed by atoms with Crippen LogP contribution in [0.3, 0.4) is 0 Å². The third-order valence-electron chi connectivity index (χ3n) is 2.66. The van der Waals surface area contributed by atoms with Crippen molar-refractivity contribution in [3.05, 3.63) is 0 Å². The van der Waals surface area contributed by atoms with Crippen LogP contribution >= 0.6 is 0 Å². The fraction of sp³-hybridized carbons (Fsp3) is 0.917. The summed E-state index contributed by atoms with van der Waals surface area (Å²) in [6.07, 6.45) is 0. The Morgan fingerprint density at radius 2 is 1.73 bits per heavy atom. The average Bonchev–Trinajstić information content (AvgIpc) is 2.10. The predicted octanol–water partition coefficient (Wildman–Crippen LogP) is 2.30. The second-order valence-corrected chi connectivity index (χ2v) is 5.42. The molecular formula is C12H25NO2. The third kappa shape index (κ3) is 5.17. The van der Waals surface area contributed by atoms with Gasteiger partial charge in [0.2, 0.25) is 0 Å². The number of rotatable bonds is 4.